The number of esters is 1. The van der Waals surface area contributed by atoms with Crippen LogP contribution in [0.25, 0.3) is 0 Å². The number of allylic oxidation sites excluding steroid dienone is 1. The molecule has 2 heterocycles. The molecule has 1 unspecified atom stereocenters. The zero-order valence-electron chi connectivity index (χ0n) is 17.3. The topological polar surface area (TPSA) is 71.0 Å². The fraction of sp³-hybridized carbons (Fsp3) is 0.348. The van der Waals surface area contributed by atoms with Crippen LogP contribution in [0.4, 0.5) is 4.39 Å². The van der Waals surface area contributed by atoms with E-state index in [-0.39, 0.29) is 24.5 Å². The van der Waals surface area contributed by atoms with Crippen LogP contribution >= 0.6 is 11.8 Å². The largest absolute Gasteiger partial charge is 0.458 e. The number of hydrogen-bond donors (Lipinski definition) is 1. The highest BCUT2D eigenvalue weighted by Gasteiger charge is 2.42. The first-order valence-electron chi connectivity index (χ1n) is 10.2. The Hall–Kier alpha value is -2.87. The van der Waals surface area contributed by atoms with Gasteiger partial charge in [0.15, 0.2) is 5.17 Å². The number of carbonyl (C=O) groups excluding carboxylic acids is 2. The predicted molar refractivity (Wildman–Crippen MR) is 118 cm³/mol. The fourth-order valence-corrected chi connectivity index (χ4v) is 4.61. The Morgan fingerprint density at radius 2 is 2.16 bits per heavy atom. The lowest BCUT2D eigenvalue weighted by Crippen LogP contribution is -2.38. The number of fused-ring (bicyclic) bond motifs is 1. The number of halogens is 1. The number of thioether (sulfide) groups is 1. The number of nitrogens with zero attached hydrogens (tertiary/aromatic N) is 2. The van der Waals surface area contributed by atoms with Crippen molar-refractivity contribution < 1.29 is 18.7 Å². The number of hydrogen-bond acceptors (Lipinski definition) is 6. The molecule has 4 rings (SSSR count). The Balaban J connectivity index is 1.67. The molecule has 162 valence electrons. The van der Waals surface area contributed by atoms with Gasteiger partial charge in [-0.05, 0) is 37.2 Å². The van der Waals surface area contributed by atoms with Crippen molar-refractivity contribution in [1.29, 1.82) is 0 Å². The molecular formula is C23H24FN3O3S. The second-order valence-electron chi connectivity index (χ2n) is 7.73. The summed E-state index contributed by atoms with van der Waals surface area (Å²) in [7, 11) is 0. The summed E-state index contributed by atoms with van der Waals surface area (Å²) < 4.78 is 20.2. The zero-order chi connectivity index (χ0) is 22.0. The van der Waals surface area contributed by atoms with E-state index in [0.717, 1.165) is 12.8 Å². The van der Waals surface area contributed by atoms with Gasteiger partial charge < -0.3 is 15.0 Å². The Kier molecular flexibility index (Phi) is 6.27. The Bertz CT molecular complexity index is 1010. The fourth-order valence-electron chi connectivity index (χ4n) is 3.64. The number of aliphatic imine (C=N–C) groups is 1. The van der Waals surface area contributed by atoms with Crippen molar-refractivity contribution in [1.82, 2.24) is 10.2 Å². The summed E-state index contributed by atoms with van der Waals surface area (Å²) >= 11 is 1.36. The van der Waals surface area contributed by atoms with Gasteiger partial charge in [0.05, 0.1) is 23.7 Å². The summed E-state index contributed by atoms with van der Waals surface area (Å²) in [6.45, 7) is 6.00. The summed E-state index contributed by atoms with van der Waals surface area (Å²) in [6.07, 6.45) is 3.90. The Morgan fingerprint density at radius 1 is 1.39 bits per heavy atom. The van der Waals surface area contributed by atoms with Crippen molar-refractivity contribution in [3.05, 3.63) is 70.7 Å². The lowest BCUT2D eigenvalue weighted by molar-refractivity contribution is -0.138. The highest BCUT2D eigenvalue weighted by Crippen LogP contribution is 2.45. The van der Waals surface area contributed by atoms with Crippen LogP contribution in [-0.2, 0) is 14.3 Å². The van der Waals surface area contributed by atoms with Crippen molar-refractivity contribution in [3.63, 3.8) is 0 Å². The van der Waals surface area contributed by atoms with Crippen LogP contribution in [-0.4, -0.2) is 35.1 Å². The van der Waals surface area contributed by atoms with Gasteiger partial charge in [-0.25, -0.2) is 14.2 Å². The lowest BCUT2D eigenvalue weighted by atomic mass is 9.93. The van der Waals surface area contributed by atoms with E-state index in [0.29, 0.717) is 34.6 Å². The summed E-state index contributed by atoms with van der Waals surface area (Å²) in [5.41, 5.74) is 1.72. The molecule has 2 aliphatic heterocycles. The molecule has 1 aromatic rings. The van der Waals surface area contributed by atoms with Crippen molar-refractivity contribution in [3.8, 4) is 0 Å². The van der Waals surface area contributed by atoms with Gasteiger partial charge in [0.25, 0.3) is 0 Å². The summed E-state index contributed by atoms with van der Waals surface area (Å²) in [5.74, 6) is -0.548. The summed E-state index contributed by atoms with van der Waals surface area (Å²) in [4.78, 5) is 31.8. The van der Waals surface area contributed by atoms with E-state index in [1.165, 1.54) is 23.9 Å². The van der Waals surface area contributed by atoms with E-state index in [2.05, 4.69) is 16.9 Å². The predicted octanol–water partition coefficient (Wildman–Crippen LogP) is 4.05. The number of amidine groups is 1. The molecular weight excluding hydrogens is 417 g/mol. The lowest BCUT2D eigenvalue weighted by Gasteiger charge is -2.36. The SMILES string of the molecule is C=CCOC(=O)C1=C(C)N=C2SC=C(CC(=O)NCC3CC3)N2C1c1ccccc1F. The zero-order valence-corrected chi connectivity index (χ0v) is 18.1. The van der Waals surface area contributed by atoms with Crippen LogP contribution in [0.5, 0.6) is 0 Å². The molecule has 1 aliphatic carbocycles. The Morgan fingerprint density at radius 3 is 2.87 bits per heavy atom. The third-order valence-electron chi connectivity index (χ3n) is 5.38. The van der Waals surface area contributed by atoms with Crippen LogP contribution in [0.1, 0.15) is 37.8 Å². The van der Waals surface area contributed by atoms with E-state index in [1.807, 2.05) is 5.41 Å². The first-order valence-corrected chi connectivity index (χ1v) is 11.1. The van der Waals surface area contributed by atoms with Gasteiger partial charge in [-0.15, -0.1) is 0 Å². The quantitative estimate of drug-likeness (QED) is 0.487. The maximum Gasteiger partial charge on any atom is 0.338 e. The van der Waals surface area contributed by atoms with Gasteiger partial charge in [-0.1, -0.05) is 42.6 Å². The van der Waals surface area contributed by atoms with Gasteiger partial charge in [0, 0.05) is 17.8 Å². The highest BCUT2D eigenvalue weighted by molar-refractivity contribution is 8.16. The molecule has 1 atom stereocenters. The minimum atomic E-state index is -0.775. The number of carbonyl (C=O) groups is 2. The smallest absolute Gasteiger partial charge is 0.338 e. The molecule has 0 bridgehead atoms. The number of benzene rings is 1. The van der Waals surface area contributed by atoms with E-state index in [4.69, 9.17) is 4.74 Å². The second-order valence-corrected chi connectivity index (χ2v) is 8.56. The molecule has 8 heteroatoms. The molecule has 0 saturated heterocycles. The summed E-state index contributed by atoms with van der Waals surface area (Å²) in [6, 6.07) is 5.55. The maximum absolute atomic E-state index is 14.9. The molecule has 0 radical (unpaired) electrons. The normalized spacial score (nSPS) is 20.1. The van der Waals surface area contributed by atoms with Crippen molar-refractivity contribution in [2.75, 3.05) is 13.2 Å². The van der Waals surface area contributed by atoms with Crippen LogP contribution in [0.2, 0.25) is 0 Å². The molecule has 0 spiro atoms. The van der Waals surface area contributed by atoms with E-state index in [9.17, 15) is 14.0 Å². The highest BCUT2D eigenvalue weighted by atomic mass is 32.2. The second kappa shape index (κ2) is 9.09. The molecule has 6 nitrogen and oxygen atoms in total. The van der Waals surface area contributed by atoms with E-state index >= 15 is 0 Å². The van der Waals surface area contributed by atoms with Crippen LogP contribution in [0.3, 0.4) is 0 Å². The van der Waals surface area contributed by atoms with Crippen molar-refractivity contribution in [2.24, 2.45) is 10.9 Å². The van der Waals surface area contributed by atoms with Gasteiger partial charge >= 0.3 is 5.97 Å². The first-order chi connectivity index (χ1) is 15.0. The average molecular weight is 442 g/mol. The average Bonchev–Trinajstić information content (AvgIpc) is 3.51. The van der Waals surface area contributed by atoms with Gasteiger partial charge in [0.2, 0.25) is 5.91 Å². The van der Waals surface area contributed by atoms with E-state index in [1.54, 1.807) is 30.0 Å². The van der Waals surface area contributed by atoms with Crippen LogP contribution in [0.15, 0.2) is 64.3 Å². The molecule has 1 amide bonds. The van der Waals surface area contributed by atoms with Gasteiger partial charge in [-0.3, -0.25) is 4.79 Å². The molecule has 1 saturated carbocycles. The molecule has 0 aromatic heterocycles. The van der Waals surface area contributed by atoms with Crippen molar-refractivity contribution >= 4 is 28.8 Å². The molecule has 31 heavy (non-hydrogen) atoms. The number of ether oxygens (including phenoxy) is 1. The summed E-state index contributed by atoms with van der Waals surface area (Å²) in [5, 5.41) is 5.41. The van der Waals surface area contributed by atoms with Crippen LogP contribution < -0.4 is 5.32 Å². The van der Waals surface area contributed by atoms with Gasteiger partial charge in [0.1, 0.15) is 12.4 Å². The third kappa shape index (κ3) is 4.58. The minimum Gasteiger partial charge on any atom is -0.458 e. The third-order valence-corrected chi connectivity index (χ3v) is 6.27. The molecule has 3 aliphatic rings. The number of rotatable bonds is 8. The number of nitrogens with one attached hydrogen (secondary N) is 1. The molecule has 1 aromatic carbocycles. The molecule has 1 fully saturated rings. The van der Waals surface area contributed by atoms with Gasteiger partial charge in [-0.2, -0.15) is 0 Å². The Labute approximate surface area is 184 Å². The minimum absolute atomic E-state index is 0.0389. The molecule has 1 N–H and O–H groups in total. The van der Waals surface area contributed by atoms with Crippen LogP contribution in [0, 0.1) is 11.7 Å². The standard InChI is InChI=1S/C23H24FN3O3S/c1-3-10-30-22(29)20-14(2)26-23-27(21(20)17-6-4-5-7-18(17)24)16(13-31-23)11-19(28)25-12-15-8-9-15/h3-7,13,15,21H,1,8-12H2,2H3,(H,25,28). The first kappa shape index (κ1) is 21.4. The monoisotopic (exact) mass is 441 g/mol. The van der Waals surface area contributed by atoms with Crippen molar-refractivity contribution in [2.45, 2.75) is 32.2 Å². The van der Waals surface area contributed by atoms with E-state index < -0.39 is 17.8 Å². The maximum atomic E-state index is 14.9. The number of amides is 1.